The van der Waals surface area contributed by atoms with Crippen molar-refractivity contribution in [1.29, 1.82) is 0 Å². The summed E-state index contributed by atoms with van der Waals surface area (Å²) < 4.78 is 0. The Morgan fingerprint density at radius 1 is 1.17 bits per heavy atom. The highest BCUT2D eigenvalue weighted by Gasteiger charge is 2.36. The van der Waals surface area contributed by atoms with Crippen LogP contribution in [0.5, 0.6) is 0 Å². The van der Waals surface area contributed by atoms with Crippen molar-refractivity contribution >= 4 is 34.7 Å². The molecule has 1 saturated heterocycles. The second-order valence-electron chi connectivity index (χ2n) is 7.51. The Balaban J connectivity index is 1.59. The van der Waals surface area contributed by atoms with Gasteiger partial charge in [-0.3, -0.25) is 14.4 Å². The van der Waals surface area contributed by atoms with Crippen molar-refractivity contribution in [1.82, 2.24) is 9.80 Å². The van der Waals surface area contributed by atoms with E-state index in [1.807, 2.05) is 49.6 Å². The van der Waals surface area contributed by atoms with Gasteiger partial charge >= 0.3 is 0 Å². The molecule has 0 spiro atoms. The zero-order valence-corrected chi connectivity index (χ0v) is 17.9. The first kappa shape index (κ1) is 21.0. The van der Waals surface area contributed by atoms with Crippen molar-refractivity contribution in [3.63, 3.8) is 0 Å². The Kier molecular flexibility index (Phi) is 6.69. The first-order valence-electron chi connectivity index (χ1n) is 9.79. The molecule has 2 aromatic rings. The zero-order valence-electron chi connectivity index (χ0n) is 17.1. The zero-order chi connectivity index (χ0) is 21.0. The number of para-hydroxylation sites is 1. The van der Waals surface area contributed by atoms with Crippen molar-refractivity contribution in [2.45, 2.75) is 39.2 Å². The number of amides is 3. The number of aryl methyl sites for hydroxylation is 2. The van der Waals surface area contributed by atoms with Crippen LogP contribution in [0.15, 0.2) is 35.7 Å². The van der Waals surface area contributed by atoms with E-state index in [9.17, 15) is 14.4 Å². The number of nitrogens with one attached hydrogen (secondary N) is 1. The molecule has 0 bridgehead atoms. The van der Waals surface area contributed by atoms with Gasteiger partial charge in [0.25, 0.3) is 0 Å². The SMILES string of the molecule is Cc1cccc(C)c1NC(=O)CN(C)C(=O)C1CCCN1C(=O)Cc1cccs1. The number of carbonyl (C=O) groups is 3. The Labute approximate surface area is 175 Å². The molecule has 1 N–H and O–H groups in total. The molecular weight excluding hydrogens is 386 g/mol. The number of nitrogens with zero attached hydrogens (tertiary/aromatic N) is 2. The Morgan fingerprint density at radius 2 is 1.90 bits per heavy atom. The van der Waals surface area contributed by atoms with Crippen molar-refractivity contribution in [2.24, 2.45) is 0 Å². The summed E-state index contributed by atoms with van der Waals surface area (Å²) in [7, 11) is 1.62. The van der Waals surface area contributed by atoms with Crippen LogP contribution in [0.25, 0.3) is 0 Å². The van der Waals surface area contributed by atoms with Crippen LogP contribution in [-0.4, -0.2) is 53.7 Å². The van der Waals surface area contributed by atoms with Gasteiger partial charge in [0.2, 0.25) is 17.7 Å². The maximum atomic E-state index is 12.9. The van der Waals surface area contributed by atoms with Crippen molar-refractivity contribution in [2.75, 3.05) is 25.5 Å². The van der Waals surface area contributed by atoms with E-state index >= 15 is 0 Å². The number of hydrogen-bond acceptors (Lipinski definition) is 4. The number of likely N-dealkylation sites (N-methyl/N-ethyl adjacent to an activating group) is 1. The highest BCUT2D eigenvalue weighted by molar-refractivity contribution is 7.10. The van der Waals surface area contributed by atoms with Gasteiger partial charge in [-0.15, -0.1) is 11.3 Å². The van der Waals surface area contributed by atoms with E-state index in [1.165, 1.54) is 4.90 Å². The number of rotatable bonds is 6. The average Bonchev–Trinajstić information content (AvgIpc) is 3.35. The van der Waals surface area contributed by atoms with E-state index < -0.39 is 6.04 Å². The number of thiophene rings is 1. The molecule has 1 aromatic heterocycles. The van der Waals surface area contributed by atoms with E-state index in [1.54, 1.807) is 23.3 Å². The van der Waals surface area contributed by atoms with Crippen LogP contribution in [-0.2, 0) is 20.8 Å². The van der Waals surface area contributed by atoms with Crippen LogP contribution < -0.4 is 5.32 Å². The molecule has 1 atom stereocenters. The fourth-order valence-corrected chi connectivity index (χ4v) is 4.42. The highest BCUT2D eigenvalue weighted by Crippen LogP contribution is 2.22. The van der Waals surface area contributed by atoms with Gasteiger partial charge in [0, 0.05) is 24.2 Å². The van der Waals surface area contributed by atoms with Crippen LogP contribution in [0.2, 0.25) is 0 Å². The lowest BCUT2D eigenvalue weighted by Gasteiger charge is -2.28. The fraction of sp³-hybridized carbons (Fsp3) is 0.409. The molecule has 154 valence electrons. The van der Waals surface area contributed by atoms with E-state index in [0.717, 1.165) is 28.1 Å². The molecule has 6 nitrogen and oxygen atoms in total. The minimum atomic E-state index is -0.486. The first-order valence-corrected chi connectivity index (χ1v) is 10.7. The van der Waals surface area contributed by atoms with Crippen LogP contribution >= 0.6 is 11.3 Å². The van der Waals surface area contributed by atoms with E-state index in [-0.39, 0.29) is 24.3 Å². The topological polar surface area (TPSA) is 69.7 Å². The molecule has 3 rings (SSSR count). The van der Waals surface area contributed by atoms with Gasteiger partial charge in [-0.05, 0) is 49.3 Å². The minimum Gasteiger partial charge on any atom is -0.335 e. The molecule has 0 saturated carbocycles. The number of benzene rings is 1. The van der Waals surface area contributed by atoms with Gasteiger partial charge in [-0.1, -0.05) is 24.3 Å². The molecule has 1 aliphatic rings. The van der Waals surface area contributed by atoms with Gasteiger partial charge < -0.3 is 15.1 Å². The molecule has 0 aliphatic carbocycles. The molecule has 1 fully saturated rings. The average molecular weight is 414 g/mol. The lowest BCUT2D eigenvalue weighted by molar-refractivity contribution is -0.143. The molecule has 29 heavy (non-hydrogen) atoms. The smallest absolute Gasteiger partial charge is 0.245 e. The third-order valence-electron chi connectivity index (χ3n) is 5.27. The summed E-state index contributed by atoms with van der Waals surface area (Å²) in [6.45, 7) is 4.42. The standard InChI is InChI=1S/C22H27N3O3S/c1-15-7-4-8-16(2)21(15)23-19(26)14-24(3)22(28)18-10-5-11-25(18)20(27)13-17-9-6-12-29-17/h4,6-9,12,18H,5,10-11,13-14H2,1-3H3,(H,23,26). The van der Waals surface area contributed by atoms with Gasteiger partial charge in [0.1, 0.15) is 6.04 Å². The molecule has 0 radical (unpaired) electrons. The highest BCUT2D eigenvalue weighted by atomic mass is 32.1. The van der Waals surface area contributed by atoms with Crippen molar-refractivity contribution in [3.8, 4) is 0 Å². The summed E-state index contributed by atoms with van der Waals surface area (Å²) in [5, 5.41) is 4.85. The summed E-state index contributed by atoms with van der Waals surface area (Å²) in [6.07, 6.45) is 1.76. The summed E-state index contributed by atoms with van der Waals surface area (Å²) in [5.41, 5.74) is 2.74. The second-order valence-corrected chi connectivity index (χ2v) is 8.54. The van der Waals surface area contributed by atoms with Crippen LogP contribution in [0.4, 0.5) is 5.69 Å². The third kappa shape index (κ3) is 5.03. The predicted molar refractivity (Wildman–Crippen MR) is 115 cm³/mol. The number of hydrogen-bond donors (Lipinski definition) is 1. The predicted octanol–water partition coefficient (Wildman–Crippen LogP) is 3.00. The van der Waals surface area contributed by atoms with Gasteiger partial charge in [0.05, 0.1) is 13.0 Å². The third-order valence-corrected chi connectivity index (χ3v) is 6.14. The molecule has 2 heterocycles. The molecule has 7 heteroatoms. The van der Waals surface area contributed by atoms with E-state index in [2.05, 4.69) is 5.32 Å². The van der Waals surface area contributed by atoms with Crippen molar-refractivity contribution < 1.29 is 14.4 Å². The maximum absolute atomic E-state index is 12.9. The number of likely N-dealkylation sites (tertiary alicyclic amines) is 1. The normalized spacial score (nSPS) is 16.0. The summed E-state index contributed by atoms with van der Waals surface area (Å²) in [6, 6.07) is 9.18. The fourth-order valence-electron chi connectivity index (χ4n) is 3.72. The minimum absolute atomic E-state index is 0.0308. The molecule has 1 unspecified atom stereocenters. The summed E-state index contributed by atoms with van der Waals surface area (Å²) >= 11 is 1.54. The largest absolute Gasteiger partial charge is 0.335 e. The summed E-state index contributed by atoms with van der Waals surface area (Å²) in [4.78, 5) is 42.2. The van der Waals surface area contributed by atoms with Gasteiger partial charge in [-0.2, -0.15) is 0 Å². The maximum Gasteiger partial charge on any atom is 0.245 e. The monoisotopic (exact) mass is 413 g/mol. The molecule has 1 aliphatic heterocycles. The Bertz CT molecular complexity index is 874. The van der Waals surface area contributed by atoms with E-state index in [0.29, 0.717) is 19.4 Å². The number of anilines is 1. The lowest BCUT2D eigenvalue weighted by Crippen LogP contribution is -2.48. The van der Waals surface area contributed by atoms with E-state index in [4.69, 9.17) is 0 Å². The van der Waals surface area contributed by atoms with Gasteiger partial charge in [-0.25, -0.2) is 0 Å². The quantitative estimate of drug-likeness (QED) is 0.792. The molecule has 3 amide bonds. The lowest BCUT2D eigenvalue weighted by atomic mass is 10.1. The van der Waals surface area contributed by atoms with Crippen molar-refractivity contribution in [3.05, 3.63) is 51.7 Å². The molecular formula is C22H27N3O3S. The van der Waals surface area contributed by atoms with Crippen LogP contribution in [0.3, 0.4) is 0 Å². The van der Waals surface area contributed by atoms with Crippen LogP contribution in [0, 0.1) is 13.8 Å². The first-order chi connectivity index (χ1) is 13.9. The van der Waals surface area contributed by atoms with Crippen LogP contribution in [0.1, 0.15) is 28.8 Å². The number of carbonyl (C=O) groups excluding carboxylic acids is 3. The second kappa shape index (κ2) is 9.22. The summed E-state index contributed by atoms with van der Waals surface area (Å²) in [5.74, 6) is -0.455. The Hall–Kier alpha value is -2.67. The molecule has 1 aromatic carbocycles. The van der Waals surface area contributed by atoms with Gasteiger partial charge in [0.15, 0.2) is 0 Å². The Morgan fingerprint density at radius 3 is 2.55 bits per heavy atom.